The normalized spacial score (nSPS) is 20.7. The molecule has 2 fully saturated rings. The van der Waals surface area contributed by atoms with Gasteiger partial charge in [0.25, 0.3) is 0 Å². The summed E-state index contributed by atoms with van der Waals surface area (Å²) < 4.78 is 0. The number of carbonyl (C=O) groups excluding carboxylic acids is 1. The molecule has 0 unspecified atom stereocenters. The molecule has 0 radical (unpaired) electrons. The average molecular weight is 321 g/mol. The average Bonchev–Trinajstić information content (AvgIpc) is 3.20. The summed E-state index contributed by atoms with van der Waals surface area (Å²) in [5.74, 6) is 0.677. The number of nitrogens with zero attached hydrogens (tertiary/aromatic N) is 3. The van der Waals surface area contributed by atoms with Gasteiger partial charge in [0.05, 0.1) is 10.7 Å². The standard InChI is InChI=1S/C17H27N3OS/c1-2-5-16-18-15(13-22-16)12-19-10-6-14(7-11-19)17(21)20-8-3-4-9-20/h13-14H,2-12H2,1H3. The number of aromatic nitrogens is 1. The molecule has 3 heterocycles. The van der Waals surface area contributed by atoms with Crippen LogP contribution in [-0.4, -0.2) is 46.9 Å². The predicted molar refractivity (Wildman–Crippen MR) is 89.9 cm³/mol. The SMILES string of the molecule is CCCc1nc(CN2CCC(C(=O)N3CCCC3)CC2)cs1. The summed E-state index contributed by atoms with van der Waals surface area (Å²) in [5, 5.41) is 3.46. The molecule has 0 spiro atoms. The summed E-state index contributed by atoms with van der Waals surface area (Å²) in [7, 11) is 0. The molecule has 122 valence electrons. The van der Waals surface area contributed by atoms with E-state index in [0.29, 0.717) is 5.91 Å². The Bertz CT molecular complexity index is 488. The Labute approximate surface area is 137 Å². The van der Waals surface area contributed by atoms with Crippen LogP contribution in [0.25, 0.3) is 0 Å². The number of carbonyl (C=O) groups is 1. The third-order valence-electron chi connectivity index (χ3n) is 4.80. The molecule has 5 heteroatoms. The Morgan fingerprint density at radius 2 is 2.00 bits per heavy atom. The Balaban J connectivity index is 1.45. The quantitative estimate of drug-likeness (QED) is 0.836. The molecular weight excluding hydrogens is 294 g/mol. The van der Waals surface area contributed by atoms with E-state index in [1.807, 2.05) is 0 Å². The van der Waals surface area contributed by atoms with Crippen LogP contribution in [0, 0.1) is 5.92 Å². The van der Waals surface area contributed by atoms with Crippen LogP contribution in [-0.2, 0) is 17.8 Å². The largest absolute Gasteiger partial charge is 0.342 e. The summed E-state index contributed by atoms with van der Waals surface area (Å²) in [5.41, 5.74) is 1.21. The molecule has 0 saturated carbocycles. The summed E-state index contributed by atoms with van der Waals surface area (Å²) in [6.07, 6.45) is 6.67. The highest BCUT2D eigenvalue weighted by molar-refractivity contribution is 7.09. The first-order chi connectivity index (χ1) is 10.8. The fraction of sp³-hybridized carbons (Fsp3) is 0.765. The number of likely N-dealkylation sites (tertiary alicyclic amines) is 2. The number of hydrogen-bond acceptors (Lipinski definition) is 4. The van der Waals surface area contributed by atoms with Gasteiger partial charge < -0.3 is 4.90 Å². The van der Waals surface area contributed by atoms with Gasteiger partial charge in [0.2, 0.25) is 5.91 Å². The zero-order valence-electron chi connectivity index (χ0n) is 13.6. The summed E-state index contributed by atoms with van der Waals surface area (Å²) in [6, 6.07) is 0. The third kappa shape index (κ3) is 3.87. The summed E-state index contributed by atoms with van der Waals surface area (Å²) in [4.78, 5) is 21.7. The van der Waals surface area contributed by atoms with Crippen molar-refractivity contribution in [1.29, 1.82) is 0 Å². The monoisotopic (exact) mass is 321 g/mol. The molecule has 2 saturated heterocycles. The molecule has 3 rings (SSSR count). The zero-order chi connectivity index (χ0) is 15.4. The molecule has 1 aromatic rings. The van der Waals surface area contributed by atoms with Gasteiger partial charge in [-0.3, -0.25) is 9.69 Å². The maximum Gasteiger partial charge on any atom is 0.225 e. The van der Waals surface area contributed by atoms with Gasteiger partial charge in [-0.2, -0.15) is 0 Å². The zero-order valence-corrected chi connectivity index (χ0v) is 14.4. The van der Waals surface area contributed by atoms with E-state index in [1.54, 1.807) is 11.3 Å². The van der Waals surface area contributed by atoms with Gasteiger partial charge in [-0.1, -0.05) is 6.92 Å². The summed E-state index contributed by atoms with van der Waals surface area (Å²) >= 11 is 1.79. The van der Waals surface area contributed by atoms with Gasteiger partial charge in [0.15, 0.2) is 0 Å². The van der Waals surface area contributed by atoms with Crippen LogP contribution >= 0.6 is 11.3 Å². The Morgan fingerprint density at radius 3 is 2.68 bits per heavy atom. The third-order valence-corrected chi connectivity index (χ3v) is 5.76. The van der Waals surface area contributed by atoms with Crippen LogP contribution in [0.3, 0.4) is 0 Å². The first kappa shape index (κ1) is 15.9. The van der Waals surface area contributed by atoms with Crippen LogP contribution in [0.2, 0.25) is 0 Å². The van der Waals surface area contributed by atoms with Gasteiger partial charge >= 0.3 is 0 Å². The topological polar surface area (TPSA) is 36.4 Å². The molecule has 2 aliphatic rings. The van der Waals surface area contributed by atoms with Crippen molar-refractivity contribution in [2.24, 2.45) is 5.92 Å². The molecule has 0 N–H and O–H groups in total. The number of hydrogen-bond donors (Lipinski definition) is 0. The van der Waals surface area contributed by atoms with E-state index < -0.39 is 0 Å². The van der Waals surface area contributed by atoms with Gasteiger partial charge in [0.1, 0.15) is 0 Å². The molecule has 4 nitrogen and oxygen atoms in total. The summed E-state index contributed by atoms with van der Waals surface area (Å²) in [6.45, 7) is 7.18. The van der Waals surface area contributed by atoms with Crippen molar-refractivity contribution in [3.63, 3.8) is 0 Å². The first-order valence-electron chi connectivity index (χ1n) is 8.70. The minimum absolute atomic E-state index is 0.264. The Morgan fingerprint density at radius 1 is 1.27 bits per heavy atom. The lowest BCUT2D eigenvalue weighted by molar-refractivity contribution is -0.136. The minimum atomic E-state index is 0.264. The molecule has 2 aliphatic heterocycles. The lowest BCUT2D eigenvalue weighted by atomic mass is 9.95. The fourth-order valence-corrected chi connectivity index (χ4v) is 4.40. The van der Waals surface area contributed by atoms with Crippen molar-refractivity contribution >= 4 is 17.2 Å². The highest BCUT2D eigenvalue weighted by Crippen LogP contribution is 2.23. The number of rotatable bonds is 5. The van der Waals surface area contributed by atoms with Gasteiger partial charge in [-0.25, -0.2) is 4.98 Å². The van der Waals surface area contributed by atoms with Crippen molar-refractivity contribution in [2.75, 3.05) is 26.2 Å². The van der Waals surface area contributed by atoms with Crippen LogP contribution in [0.15, 0.2) is 5.38 Å². The lowest BCUT2D eigenvalue weighted by Crippen LogP contribution is -2.41. The van der Waals surface area contributed by atoms with Crippen LogP contribution < -0.4 is 0 Å². The molecule has 1 amide bonds. The number of amides is 1. The van der Waals surface area contributed by atoms with Crippen molar-refractivity contribution in [3.05, 3.63) is 16.1 Å². The highest BCUT2D eigenvalue weighted by Gasteiger charge is 2.29. The molecule has 0 aliphatic carbocycles. The highest BCUT2D eigenvalue weighted by atomic mass is 32.1. The maximum absolute atomic E-state index is 12.4. The fourth-order valence-electron chi connectivity index (χ4n) is 3.51. The molecular formula is C17H27N3OS. The lowest BCUT2D eigenvalue weighted by Gasteiger charge is -2.32. The first-order valence-corrected chi connectivity index (χ1v) is 9.58. The van der Waals surface area contributed by atoms with Crippen LogP contribution in [0.5, 0.6) is 0 Å². The van der Waals surface area contributed by atoms with Crippen molar-refractivity contribution in [3.8, 4) is 0 Å². The number of aryl methyl sites for hydroxylation is 1. The molecule has 22 heavy (non-hydrogen) atoms. The van der Waals surface area contributed by atoms with E-state index in [4.69, 9.17) is 4.98 Å². The minimum Gasteiger partial charge on any atom is -0.342 e. The second-order valence-corrected chi connectivity index (χ2v) is 7.51. The van der Waals surface area contributed by atoms with Crippen LogP contribution in [0.4, 0.5) is 0 Å². The molecule has 1 aromatic heterocycles. The van der Waals surface area contributed by atoms with Crippen LogP contribution in [0.1, 0.15) is 49.7 Å². The van der Waals surface area contributed by atoms with E-state index in [9.17, 15) is 4.79 Å². The van der Waals surface area contributed by atoms with E-state index in [-0.39, 0.29) is 5.92 Å². The van der Waals surface area contributed by atoms with Gasteiger partial charge in [-0.15, -0.1) is 11.3 Å². The maximum atomic E-state index is 12.4. The van der Waals surface area contributed by atoms with Crippen molar-refractivity contribution in [1.82, 2.24) is 14.8 Å². The molecule has 0 atom stereocenters. The van der Waals surface area contributed by atoms with Crippen molar-refractivity contribution in [2.45, 2.75) is 52.0 Å². The van der Waals surface area contributed by atoms with E-state index in [1.165, 1.54) is 23.5 Å². The van der Waals surface area contributed by atoms with Gasteiger partial charge in [-0.05, 0) is 51.6 Å². The van der Waals surface area contributed by atoms with E-state index in [0.717, 1.165) is 58.4 Å². The van der Waals surface area contributed by atoms with Gasteiger partial charge in [0, 0.05) is 30.9 Å². The molecule has 0 bridgehead atoms. The molecule has 0 aromatic carbocycles. The van der Waals surface area contributed by atoms with E-state index >= 15 is 0 Å². The predicted octanol–water partition coefficient (Wildman–Crippen LogP) is 2.93. The Hall–Kier alpha value is -0.940. The van der Waals surface area contributed by atoms with Crippen molar-refractivity contribution < 1.29 is 4.79 Å². The second kappa shape index (κ2) is 7.55. The number of piperidine rings is 1. The number of thiazole rings is 1. The smallest absolute Gasteiger partial charge is 0.225 e. The second-order valence-electron chi connectivity index (χ2n) is 6.57. The van der Waals surface area contributed by atoms with E-state index in [2.05, 4.69) is 22.1 Å². The Kier molecular flexibility index (Phi) is 5.47.